The van der Waals surface area contributed by atoms with Gasteiger partial charge in [0, 0.05) is 23.9 Å². The van der Waals surface area contributed by atoms with Crippen molar-refractivity contribution in [2.24, 2.45) is 0 Å². The molecule has 0 aliphatic carbocycles. The van der Waals surface area contributed by atoms with Crippen molar-refractivity contribution < 1.29 is 19.4 Å². The van der Waals surface area contributed by atoms with Crippen LogP contribution in [0.5, 0.6) is 5.75 Å². The molecule has 0 bridgehead atoms. The van der Waals surface area contributed by atoms with E-state index in [9.17, 15) is 14.7 Å². The minimum atomic E-state index is -0.837. The molecule has 1 fully saturated rings. The van der Waals surface area contributed by atoms with Crippen LogP contribution >= 0.6 is 0 Å². The molecule has 1 amide bonds. The normalized spacial score (nSPS) is 21.2. The number of aliphatic hydroxyl groups is 1. The van der Waals surface area contributed by atoms with Crippen molar-refractivity contribution in [2.75, 3.05) is 4.90 Å². The van der Waals surface area contributed by atoms with Crippen LogP contribution in [0.3, 0.4) is 0 Å². The number of carbonyl (C=O) groups is 2. The number of hydrogen-bond acceptors (Lipinski definition) is 5. The summed E-state index contributed by atoms with van der Waals surface area (Å²) < 4.78 is 5.76. The van der Waals surface area contributed by atoms with E-state index in [-0.39, 0.29) is 17.4 Å². The molecule has 3 heterocycles. The topological polar surface area (TPSA) is 79.7 Å². The van der Waals surface area contributed by atoms with Gasteiger partial charge in [-0.15, -0.1) is 0 Å². The zero-order valence-electron chi connectivity index (χ0n) is 18.7. The third kappa shape index (κ3) is 3.48. The lowest BCUT2D eigenvalue weighted by atomic mass is 9.96. The number of rotatable bonds is 3. The number of aliphatic hydroxyl groups excluding tert-OH is 1. The van der Waals surface area contributed by atoms with Gasteiger partial charge in [0.25, 0.3) is 11.7 Å². The summed E-state index contributed by atoms with van der Waals surface area (Å²) in [5, 5.41) is 11.3. The molecule has 2 unspecified atom stereocenters. The monoisotopic (exact) mass is 440 g/mol. The molecule has 0 spiro atoms. The predicted molar refractivity (Wildman–Crippen MR) is 125 cm³/mol. The van der Waals surface area contributed by atoms with Crippen LogP contribution in [0, 0.1) is 13.8 Å². The van der Waals surface area contributed by atoms with Crippen LogP contribution in [0.25, 0.3) is 5.76 Å². The van der Waals surface area contributed by atoms with E-state index < -0.39 is 17.7 Å². The number of aromatic nitrogens is 1. The van der Waals surface area contributed by atoms with Crippen molar-refractivity contribution in [1.82, 2.24) is 4.98 Å². The number of Topliss-reactive ketones (excluding diaryl/α,β-unsaturated/α-hetero) is 1. The molecule has 1 N–H and O–H groups in total. The Bertz CT molecular complexity index is 1310. The Morgan fingerprint density at radius 1 is 1.09 bits per heavy atom. The fourth-order valence-electron chi connectivity index (χ4n) is 4.70. The van der Waals surface area contributed by atoms with Gasteiger partial charge in [-0.3, -0.25) is 19.5 Å². The minimum absolute atomic E-state index is 0.0330. The summed E-state index contributed by atoms with van der Waals surface area (Å²) in [6.45, 7) is 5.86. The number of hydrogen-bond donors (Lipinski definition) is 1. The largest absolute Gasteiger partial charge is 0.507 e. The average molecular weight is 440 g/mol. The summed E-state index contributed by atoms with van der Waals surface area (Å²) in [7, 11) is 0. The van der Waals surface area contributed by atoms with E-state index in [1.807, 2.05) is 45.0 Å². The SMILES string of the molecule is Cc1ccc(N2C(=O)C(=O)/C(=C(\O)c3ccc4c(c3)CC(C)O4)C2c2ccccn2)c(C)c1. The second-order valence-electron chi connectivity index (χ2n) is 8.67. The molecular weight excluding hydrogens is 416 g/mol. The fourth-order valence-corrected chi connectivity index (χ4v) is 4.70. The molecule has 6 nitrogen and oxygen atoms in total. The molecule has 1 saturated heterocycles. The Hall–Kier alpha value is -3.93. The van der Waals surface area contributed by atoms with E-state index in [1.54, 1.807) is 36.5 Å². The lowest BCUT2D eigenvalue weighted by Gasteiger charge is -2.26. The van der Waals surface area contributed by atoms with Gasteiger partial charge in [0.1, 0.15) is 23.7 Å². The van der Waals surface area contributed by atoms with E-state index >= 15 is 0 Å². The van der Waals surface area contributed by atoms with Crippen LogP contribution in [-0.2, 0) is 16.0 Å². The number of nitrogens with zero attached hydrogens (tertiary/aromatic N) is 2. The predicted octanol–water partition coefficient (Wildman–Crippen LogP) is 4.65. The number of fused-ring (bicyclic) bond motifs is 1. The number of ketones is 1. The maximum atomic E-state index is 13.3. The molecule has 2 aliphatic rings. The van der Waals surface area contributed by atoms with Crippen molar-refractivity contribution >= 4 is 23.1 Å². The van der Waals surface area contributed by atoms with Crippen molar-refractivity contribution in [3.8, 4) is 5.75 Å². The van der Waals surface area contributed by atoms with E-state index in [2.05, 4.69) is 4.98 Å². The van der Waals surface area contributed by atoms with Gasteiger partial charge in [-0.1, -0.05) is 23.8 Å². The number of amides is 1. The van der Waals surface area contributed by atoms with Crippen molar-refractivity contribution in [1.29, 1.82) is 0 Å². The number of ether oxygens (including phenoxy) is 1. The molecule has 5 rings (SSSR count). The summed E-state index contributed by atoms with van der Waals surface area (Å²) in [4.78, 5) is 32.5. The Morgan fingerprint density at radius 2 is 1.91 bits per heavy atom. The van der Waals surface area contributed by atoms with Gasteiger partial charge in [0.05, 0.1) is 11.3 Å². The molecule has 0 saturated carbocycles. The summed E-state index contributed by atoms with van der Waals surface area (Å²) in [6, 6.07) is 15.5. The quantitative estimate of drug-likeness (QED) is 0.364. The van der Waals surface area contributed by atoms with Gasteiger partial charge in [-0.2, -0.15) is 0 Å². The van der Waals surface area contributed by atoms with Crippen molar-refractivity contribution in [3.05, 3.63) is 94.3 Å². The highest BCUT2D eigenvalue weighted by atomic mass is 16.5. The Kier molecular flexibility index (Phi) is 5.01. The van der Waals surface area contributed by atoms with Crippen LogP contribution in [-0.4, -0.2) is 27.9 Å². The molecule has 2 aromatic carbocycles. The lowest BCUT2D eigenvalue weighted by molar-refractivity contribution is -0.132. The molecule has 2 aliphatic heterocycles. The third-order valence-corrected chi connectivity index (χ3v) is 6.19. The lowest BCUT2D eigenvalue weighted by Crippen LogP contribution is -2.30. The Labute approximate surface area is 192 Å². The third-order valence-electron chi connectivity index (χ3n) is 6.19. The first-order valence-electron chi connectivity index (χ1n) is 10.9. The zero-order chi connectivity index (χ0) is 23.3. The second kappa shape index (κ2) is 7.89. The molecule has 0 radical (unpaired) electrons. The Morgan fingerprint density at radius 3 is 2.64 bits per heavy atom. The van der Waals surface area contributed by atoms with Crippen LogP contribution in [0.2, 0.25) is 0 Å². The maximum Gasteiger partial charge on any atom is 0.300 e. The summed E-state index contributed by atoms with van der Waals surface area (Å²) in [5.74, 6) is -0.847. The summed E-state index contributed by atoms with van der Waals surface area (Å²) >= 11 is 0. The number of pyridine rings is 1. The number of aryl methyl sites for hydroxylation is 2. The molecule has 3 aromatic rings. The standard InChI is InChI=1S/C27H24N2O4/c1-15-7-9-21(16(2)12-15)29-24(20-6-4-5-11-28-20)23(26(31)27(29)32)25(30)18-8-10-22-19(14-18)13-17(3)33-22/h4-12,14,17,24,30H,13H2,1-3H3/b25-23-. The maximum absolute atomic E-state index is 13.3. The first kappa shape index (κ1) is 20.9. The highest BCUT2D eigenvalue weighted by Crippen LogP contribution is 2.43. The van der Waals surface area contributed by atoms with Gasteiger partial charge in [0.2, 0.25) is 0 Å². The minimum Gasteiger partial charge on any atom is -0.507 e. The molecule has 6 heteroatoms. The first-order chi connectivity index (χ1) is 15.8. The van der Waals surface area contributed by atoms with Crippen LogP contribution in [0.1, 0.15) is 40.9 Å². The highest BCUT2D eigenvalue weighted by Gasteiger charge is 2.48. The zero-order valence-corrected chi connectivity index (χ0v) is 18.7. The van der Waals surface area contributed by atoms with Gasteiger partial charge in [0.15, 0.2) is 0 Å². The molecule has 33 heavy (non-hydrogen) atoms. The van der Waals surface area contributed by atoms with Gasteiger partial charge in [-0.25, -0.2) is 0 Å². The van der Waals surface area contributed by atoms with E-state index in [0.717, 1.165) is 28.9 Å². The number of benzene rings is 2. The van der Waals surface area contributed by atoms with Crippen molar-refractivity contribution in [3.63, 3.8) is 0 Å². The summed E-state index contributed by atoms with van der Waals surface area (Å²) in [6.07, 6.45) is 2.39. The van der Waals surface area contributed by atoms with Crippen LogP contribution in [0.15, 0.2) is 66.4 Å². The molecular formula is C27H24N2O4. The summed E-state index contributed by atoms with van der Waals surface area (Å²) in [5.41, 5.74) is 4.52. The molecule has 166 valence electrons. The number of anilines is 1. The van der Waals surface area contributed by atoms with Gasteiger partial charge >= 0.3 is 0 Å². The van der Waals surface area contributed by atoms with Crippen LogP contribution in [0.4, 0.5) is 5.69 Å². The van der Waals surface area contributed by atoms with Gasteiger partial charge < -0.3 is 9.84 Å². The smallest absolute Gasteiger partial charge is 0.300 e. The van der Waals surface area contributed by atoms with E-state index in [0.29, 0.717) is 16.9 Å². The average Bonchev–Trinajstić information content (AvgIpc) is 3.30. The van der Waals surface area contributed by atoms with E-state index in [4.69, 9.17) is 4.74 Å². The Balaban J connectivity index is 1.70. The highest BCUT2D eigenvalue weighted by molar-refractivity contribution is 6.51. The van der Waals surface area contributed by atoms with E-state index in [1.165, 1.54) is 4.90 Å². The second-order valence-corrected chi connectivity index (χ2v) is 8.67. The fraction of sp³-hybridized carbons (Fsp3) is 0.222. The van der Waals surface area contributed by atoms with Crippen molar-refractivity contribution in [2.45, 2.75) is 39.3 Å². The number of carbonyl (C=O) groups excluding carboxylic acids is 2. The molecule has 1 aromatic heterocycles. The molecule has 2 atom stereocenters. The first-order valence-corrected chi connectivity index (χ1v) is 10.9. The van der Waals surface area contributed by atoms with Gasteiger partial charge in [-0.05, 0) is 68.3 Å². The van der Waals surface area contributed by atoms with Crippen LogP contribution < -0.4 is 9.64 Å².